The Bertz CT molecular complexity index is 2730. The number of fused-ring (bicyclic) bond motifs is 2. The van der Waals surface area contributed by atoms with Crippen LogP contribution in [0.2, 0.25) is 5.02 Å². The molecule has 0 bridgehead atoms. The van der Waals surface area contributed by atoms with Crippen LogP contribution < -0.4 is 25.8 Å². The van der Waals surface area contributed by atoms with Gasteiger partial charge >= 0.3 is 6.18 Å². The predicted molar refractivity (Wildman–Crippen MR) is 214 cm³/mol. The average molecular weight is 841 g/mol. The van der Waals surface area contributed by atoms with Crippen molar-refractivity contribution in [2.45, 2.75) is 46.1 Å². The van der Waals surface area contributed by atoms with E-state index < -0.39 is 29.8 Å². The molecular weight excluding hydrogens is 805 g/mol. The Morgan fingerprint density at radius 2 is 1.75 bits per heavy atom. The number of amides is 3. The molecule has 2 N–H and O–H groups in total. The summed E-state index contributed by atoms with van der Waals surface area (Å²) in [4.78, 5) is 71.3. The first-order valence-electron chi connectivity index (χ1n) is 18.9. The number of halogens is 4. The fourth-order valence-corrected chi connectivity index (χ4v) is 7.56. The van der Waals surface area contributed by atoms with Crippen molar-refractivity contribution < 1.29 is 32.3 Å². The Hall–Kier alpha value is -6.82. The van der Waals surface area contributed by atoms with Crippen LogP contribution in [0.15, 0.2) is 77.9 Å². The van der Waals surface area contributed by atoms with Crippen molar-refractivity contribution in [2.75, 3.05) is 36.4 Å². The molecule has 0 spiro atoms. The van der Waals surface area contributed by atoms with Gasteiger partial charge in [0.05, 0.1) is 27.7 Å². The molecule has 3 aromatic heterocycles. The van der Waals surface area contributed by atoms with Gasteiger partial charge in [0.25, 0.3) is 17.4 Å². The number of ether oxygens (including phenoxy) is 1. The molecule has 0 aliphatic carbocycles. The molecule has 0 unspecified atom stereocenters. The van der Waals surface area contributed by atoms with Crippen molar-refractivity contribution in [3.63, 3.8) is 0 Å². The lowest BCUT2D eigenvalue weighted by atomic mass is 10.1. The van der Waals surface area contributed by atoms with Gasteiger partial charge in [-0.3, -0.25) is 19.2 Å². The van der Waals surface area contributed by atoms with Crippen LogP contribution in [0.4, 0.5) is 24.5 Å². The summed E-state index contributed by atoms with van der Waals surface area (Å²) in [6.45, 7) is 4.54. The lowest BCUT2D eigenvalue weighted by molar-refractivity contribution is -0.137. The highest BCUT2D eigenvalue weighted by Crippen LogP contribution is 2.34. The van der Waals surface area contributed by atoms with Crippen molar-refractivity contribution in [2.24, 2.45) is 0 Å². The highest BCUT2D eigenvalue weighted by atomic mass is 35.5. The Kier molecular flexibility index (Phi) is 10.7. The third-order valence-electron chi connectivity index (χ3n) is 10.4. The van der Waals surface area contributed by atoms with E-state index >= 15 is 0 Å². The van der Waals surface area contributed by atoms with Crippen LogP contribution in [0.1, 0.15) is 55.8 Å². The molecule has 5 heterocycles. The van der Waals surface area contributed by atoms with Crippen LogP contribution in [0.5, 0.6) is 5.75 Å². The molecule has 8 rings (SSSR count). The number of carbonyl (C=O) groups is 3. The molecular formula is C41H36ClF3N10O5. The number of nitrogens with one attached hydrogen (secondary N) is 2. The summed E-state index contributed by atoms with van der Waals surface area (Å²) in [5.74, 6) is -0.874. The second-order valence-corrected chi connectivity index (χ2v) is 14.6. The van der Waals surface area contributed by atoms with E-state index in [1.54, 1.807) is 36.9 Å². The summed E-state index contributed by atoms with van der Waals surface area (Å²) in [7, 11) is 0. The number of anilines is 2. The van der Waals surface area contributed by atoms with Gasteiger partial charge in [-0.1, -0.05) is 61.0 Å². The largest absolute Gasteiger partial charge is 0.485 e. The smallest absolute Gasteiger partial charge is 0.416 e. The van der Waals surface area contributed by atoms with Crippen LogP contribution in [-0.2, 0) is 37.1 Å². The second-order valence-electron chi connectivity index (χ2n) is 14.2. The number of benzene rings is 3. The van der Waals surface area contributed by atoms with Gasteiger partial charge in [0, 0.05) is 43.9 Å². The first-order valence-corrected chi connectivity index (χ1v) is 19.3. The van der Waals surface area contributed by atoms with Crippen molar-refractivity contribution in [3.05, 3.63) is 128 Å². The zero-order valence-corrected chi connectivity index (χ0v) is 33.0. The van der Waals surface area contributed by atoms with Crippen molar-refractivity contribution in [3.8, 4) is 17.1 Å². The minimum atomic E-state index is -4.64. The van der Waals surface area contributed by atoms with Gasteiger partial charge in [0.15, 0.2) is 17.3 Å². The first kappa shape index (κ1) is 40.0. The fourth-order valence-electron chi connectivity index (χ4n) is 7.33. The third-order valence-corrected chi connectivity index (χ3v) is 10.7. The standard InChI is InChI=1S/C41H36ClF3N10O5/c1-3-31-34(52-13-15-53(16-14-52)38(58)33-35(23(2)47-22-48-33)60-21-24-7-5-4-6-8-24)39(59)55-40(50-36(51-55)25-9-10-26-19-46-37(57)28(26)17-25)54(31)20-32(56)49-30-12-11-27(18-29(30)42)41(43,44)45/h4-12,17-18,22H,3,13-16,19-21H2,1-2H3,(H,46,57)(H,49,56). The third kappa shape index (κ3) is 7.72. The molecule has 308 valence electrons. The van der Waals surface area contributed by atoms with Crippen molar-refractivity contribution in [1.82, 2.24) is 39.3 Å². The number of aromatic nitrogens is 6. The van der Waals surface area contributed by atoms with Gasteiger partial charge < -0.3 is 29.7 Å². The predicted octanol–water partition coefficient (Wildman–Crippen LogP) is 5.31. The van der Waals surface area contributed by atoms with Crippen molar-refractivity contribution >= 4 is 46.5 Å². The lowest BCUT2D eigenvalue weighted by Gasteiger charge is -2.36. The zero-order chi connectivity index (χ0) is 42.3. The average Bonchev–Trinajstić information content (AvgIpc) is 3.86. The van der Waals surface area contributed by atoms with Gasteiger partial charge in [-0.2, -0.15) is 22.7 Å². The summed E-state index contributed by atoms with van der Waals surface area (Å²) in [6.07, 6.45) is -3.08. The number of hydrogen-bond acceptors (Lipinski definition) is 10. The van der Waals surface area contributed by atoms with E-state index in [1.807, 2.05) is 35.2 Å². The minimum Gasteiger partial charge on any atom is -0.485 e. The van der Waals surface area contributed by atoms with Crippen molar-refractivity contribution in [1.29, 1.82) is 0 Å². The van der Waals surface area contributed by atoms with Gasteiger partial charge in [0.2, 0.25) is 11.7 Å². The van der Waals surface area contributed by atoms with E-state index in [4.69, 9.17) is 16.3 Å². The van der Waals surface area contributed by atoms with Gasteiger partial charge in [-0.15, -0.1) is 5.10 Å². The number of hydrogen-bond donors (Lipinski definition) is 2. The summed E-state index contributed by atoms with van der Waals surface area (Å²) >= 11 is 6.17. The molecule has 0 saturated carbocycles. The van der Waals surface area contributed by atoms with Crippen LogP contribution in [0.3, 0.4) is 0 Å². The number of rotatable bonds is 10. The first-order chi connectivity index (χ1) is 28.8. The van der Waals surface area contributed by atoms with Gasteiger partial charge in [-0.05, 0) is 48.7 Å². The molecule has 15 nitrogen and oxygen atoms in total. The topological polar surface area (TPSA) is 169 Å². The molecule has 60 heavy (non-hydrogen) atoms. The summed E-state index contributed by atoms with van der Waals surface area (Å²) in [5.41, 5.74) is 2.34. The van der Waals surface area contributed by atoms with E-state index in [1.165, 1.54) is 10.9 Å². The maximum absolute atomic E-state index is 14.5. The van der Waals surface area contributed by atoms with Crippen LogP contribution in [0.25, 0.3) is 17.2 Å². The second kappa shape index (κ2) is 16.1. The summed E-state index contributed by atoms with van der Waals surface area (Å²) in [6, 6.07) is 17.2. The molecule has 1 fully saturated rings. The number of piperazine rings is 1. The Labute approximate surface area is 344 Å². The molecule has 2 aliphatic heterocycles. The van der Waals surface area contributed by atoms with Crippen LogP contribution in [-0.4, -0.2) is 77.9 Å². The molecule has 6 aromatic rings. The highest BCUT2D eigenvalue weighted by Gasteiger charge is 2.33. The van der Waals surface area contributed by atoms with E-state index in [2.05, 4.69) is 30.7 Å². The minimum absolute atomic E-state index is 0.0187. The molecule has 0 radical (unpaired) electrons. The lowest BCUT2D eigenvalue weighted by Crippen LogP contribution is -2.51. The SMILES string of the molecule is CCc1c(N2CCN(C(=O)c3ncnc(C)c3OCc3ccccc3)CC2)c(=O)n2nc(-c3ccc4c(c3)C(=O)NC4)nc2n1CC(=O)Nc1ccc(C(F)(F)F)cc1Cl. The monoisotopic (exact) mass is 840 g/mol. The molecule has 19 heteroatoms. The number of aryl methyl sites for hydroxylation is 1. The van der Waals surface area contributed by atoms with E-state index in [9.17, 15) is 32.3 Å². The maximum Gasteiger partial charge on any atom is 0.416 e. The fraction of sp³-hybridized carbons (Fsp3) is 0.268. The maximum atomic E-state index is 14.5. The quantitative estimate of drug-likeness (QED) is 0.184. The van der Waals surface area contributed by atoms with Gasteiger partial charge in [0.1, 0.15) is 25.2 Å². The number of alkyl halides is 3. The Balaban J connectivity index is 1.11. The van der Waals surface area contributed by atoms with E-state index in [0.717, 1.165) is 33.8 Å². The number of nitrogens with zero attached hydrogens (tertiary/aromatic N) is 8. The normalized spacial score (nSPS) is 14.0. The Morgan fingerprint density at radius 3 is 2.47 bits per heavy atom. The molecule has 2 aliphatic rings. The van der Waals surface area contributed by atoms with Crippen LogP contribution in [0, 0.1) is 6.92 Å². The molecule has 1 saturated heterocycles. The molecule has 3 amide bonds. The van der Waals surface area contributed by atoms with E-state index in [0.29, 0.717) is 29.1 Å². The number of carbonyl (C=O) groups excluding carboxylic acids is 3. The Morgan fingerprint density at radius 1 is 0.983 bits per heavy atom. The zero-order valence-electron chi connectivity index (χ0n) is 32.2. The highest BCUT2D eigenvalue weighted by molar-refractivity contribution is 6.33. The molecule has 3 aromatic carbocycles. The van der Waals surface area contributed by atoms with Gasteiger partial charge in [-0.25, -0.2) is 9.97 Å². The summed E-state index contributed by atoms with van der Waals surface area (Å²) in [5, 5.41) is 9.60. The van der Waals surface area contributed by atoms with Crippen LogP contribution >= 0.6 is 11.6 Å². The molecule has 0 atom stereocenters. The summed E-state index contributed by atoms with van der Waals surface area (Å²) < 4.78 is 48.6. The van der Waals surface area contributed by atoms with E-state index in [-0.39, 0.29) is 90.5 Å².